The van der Waals surface area contributed by atoms with Gasteiger partial charge in [0.25, 0.3) is 0 Å². The Morgan fingerprint density at radius 2 is 2.25 bits per heavy atom. The van der Waals surface area contributed by atoms with Gasteiger partial charge in [-0.2, -0.15) is 0 Å². The van der Waals surface area contributed by atoms with Gasteiger partial charge >= 0.3 is 0 Å². The number of imidazole rings is 1. The van der Waals surface area contributed by atoms with Gasteiger partial charge < -0.3 is 9.88 Å². The number of nitrogens with zero attached hydrogens (tertiary/aromatic N) is 3. The van der Waals surface area contributed by atoms with Crippen molar-refractivity contribution in [2.45, 2.75) is 45.2 Å². The van der Waals surface area contributed by atoms with Gasteiger partial charge in [-0.3, -0.25) is 9.69 Å². The Morgan fingerprint density at radius 3 is 3.04 bits per heavy atom. The summed E-state index contributed by atoms with van der Waals surface area (Å²) in [6, 6.07) is 6.11. The zero-order valence-corrected chi connectivity index (χ0v) is 15.1. The van der Waals surface area contributed by atoms with E-state index in [0.717, 1.165) is 36.4 Å². The van der Waals surface area contributed by atoms with Crippen LogP contribution in [0.1, 0.15) is 38.4 Å². The molecule has 5 nitrogen and oxygen atoms in total. The fourth-order valence-electron chi connectivity index (χ4n) is 3.53. The van der Waals surface area contributed by atoms with Crippen molar-refractivity contribution < 1.29 is 4.79 Å². The molecule has 1 fully saturated rings. The summed E-state index contributed by atoms with van der Waals surface area (Å²) < 4.78 is 2.13. The quantitative estimate of drug-likeness (QED) is 0.903. The number of hydrogen-bond donors (Lipinski definition) is 1. The van der Waals surface area contributed by atoms with E-state index in [4.69, 9.17) is 16.6 Å². The highest BCUT2D eigenvalue weighted by molar-refractivity contribution is 6.31. The molecule has 0 spiro atoms. The molecule has 1 aromatic carbocycles. The highest BCUT2D eigenvalue weighted by Gasteiger charge is 2.26. The number of amides is 1. The first-order valence-corrected chi connectivity index (χ1v) is 9.08. The monoisotopic (exact) mass is 348 g/mol. The van der Waals surface area contributed by atoms with E-state index in [1.807, 2.05) is 32.2 Å². The first-order valence-electron chi connectivity index (χ1n) is 8.70. The van der Waals surface area contributed by atoms with Crippen LogP contribution in [0.15, 0.2) is 18.2 Å². The Morgan fingerprint density at radius 1 is 1.42 bits per heavy atom. The lowest BCUT2D eigenvalue weighted by Gasteiger charge is -2.35. The minimum Gasteiger partial charge on any atom is -0.356 e. The summed E-state index contributed by atoms with van der Waals surface area (Å²) in [5, 5.41) is 3.62. The molecule has 1 saturated heterocycles. The molecule has 24 heavy (non-hydrogen) atoms. The smallest absolute Gasteiger partial charge is 0.221 e. The second kappa shape index (κ2) is 7.53. The lowest BCUT2D eigenvalue weighted by molar-refractivity contribution is -0.122. The van der Waals surface area contributed by atoms with Crippen LogP contribution in [0.2, 0.25) is 5.02 Å². The Kier molecular flexibility index (Phi) is 5.41. The molecule has 0 radical (unpaired) electrons. The van der Waals surface area contributed by atoms with Crippen molar-refractivity contribution in [3.8, 4) is 0 Å². The second-order valence-electron chi connectivity index (χ2n) is 6.50. The topological polar surface area (TPSA) is 50.2 Å². The maximum Gasteiger partial charge on any atom is 0.221 e. The van der Waals surface area contributed by atoms with Crippen LogP contribution in [-0.4, -0.2) is 39.5 Å². The fraction of sp³-hybridized carbons (Fsp3) is 0.556. The Bertz CT molecular complexity index is 727. The van der Waals surface area contributed by atoms with E-state index < -0.39 is 0 Å². The standard InChI is InChI=1S/C18H25ClN4O/c1-3-20-18(24)11-14-6-4-5-9-23(14)12-17-21-15-10-13(19)7-8-16(15)22(17)2/h7-8,10,14H,3-6,9,11-12H2,1-2H3,(H,20,24). The van der Waals surface area contributed by atoms with Crippen molar-refractivity contribution in [3.63, 3.8) is 0 Å². The third kappa shape index (κ3) is 3.73. The Hall–Kier alpha value is -1.59. The lowest BCUT2D eigenvalue weighted by Crippen LogP contribution is -2.42. The first kappa shape index (κ1) is 17.2. The van der Waals surface area contributed by atoms with Gasteiger partial charge in [0.15, 0.2) is 0 Å². The van der Waals surface area contributed by atoms with Gasteiger partial charge in [-0.25, -0.2) is 4.98 Å². The number of rotatable bonds is 5. The SMILES string of the molecule is CCNC(=O)CC1CCCCN1Cc1nc2cc(Cl)ccc2n1C. The fourth-order valence-corrected chi connectivity index (χ4v) is 3.69. The molecule has 0 saturated carbocycles. The summed E-state index contributed by atoms with van der Waals surface area (Å²) in [6.45, 7) is 4.44. The van der Waals surface area contributed by atoms with Crippen molar-refractivity contribution >= 4 is 28.5 Å². The average Bonchev–Trinajstić information content (AvgIpc) is 2.85. The zero-order valence-electron chi connectivity index (χ0n) is 14.4. The van der Waals surface area contributed by atoms with Crippen LogP contribution >= 0.6 is 11.6 Å². The van der Waals surface area contributed by atoms with Gasteiger partial charge in [0.05, 0.1) is 17.6 Å². The highest BCUT2D eigenvalue weighted by atomic mass is 35.5. The molecule has 6 heteroatoms. The molecular weight excluding hydrogens is 324 g/mol. The van der Waals surface area contributed by atoms with Crippen LogP contribution in [0.5, 0.6) is 0 Å². The third-order valence-electron chi connectivity index (χ3n) is 4.82. The van der Waals surface area contributed by atoms with Gasteiger partial charge in [-0.05, 0) is 44.5 Å². The number of halogens is 1. The Balaban J connectivity index is 1.77. The lowest BCUT2D eigenvalue weighted by atomic mass is 9.99. The van der Waals surface area contributed by atoms with E-state index in [9.17, 15) is 4.79 Å². The molecule has 1 aromatic heterocycles. The number of piperidine rings is 1. The third-order valence-corrected chi connectivity index (χ3v) is 5.06. The minimum atomic E-state index is 0.145. The van der Waals surface area contributed by atoms with Crippen LogP contribution in [0, 0.1) is 0 Å². The molecule has 1 N–H and O–H groups in total. The van der Waals surface area contributed by atoms with Gasteiger partial charge in [0.2, 0.25) is 5.91 Å². The van der Waals surface area contributed by atoms with Crippen molar-refractivity contribution in [2.75, 3.05) is 13.1 Å². The number of fused-ring (bicyclic) bond motifs is 1. The number of hydrogen-bond acceptors (Lipinski definition) is 3. The van der Waals surface area contributed by atoms with Gasteiger partial charge in [0.1, 0.15) is 5.82 Å². The van der Waals surface area contributed by atoms with Crippen molar-refractivity contribution in [1.29, 1.82) is 0 Å². The number of carbonyl (C=O) groups is 1. The van der Waals surface area contributed by atoms with Crippen LogP contribution in [0.3, 0.4) is 0 Å². The molecule has 1 unspecified atom stereocenters. The summed E-state index contributed by atoms with van der Waals surface area (Å²) in [5.41, 5.74) is 2.02. The number of aryl methyl sites for hydroxylation is 1. The molecule has 0 aliphatic carbocycles. The van der Waals surface area contributed by atoms with E-state index in [-0.39, 0.29) is 5.91 Å². The molecule has 1 aliphatic heterocycles. The summed E-state index contributed by atoms with van der Waals surface area (Å²) in [5.74, 6) is 1.17. The maximum atomic E-state index is 12.0. The summed E-state index contributed by atoms with van der Waals surface area (Å²) >= 11 is 6.08. The van der Waals surface area contributed by atoms with Crippen LogP contribution in [0.25, 0.3) is 11.0 Å². The number of likely N-dealkylation sites (tertiary alicyclic amines) is 1. The van der Waals surface area contributed by atoms with Gasteiger partial charge in [-0.15, -0.1) is 0 Å². The molecule has 130 valence electrons. The van der Waals surface area contributed by atoms with Crippen molar-refractivity contribution in [3.05, 3.63) is 29.0 Å². The van der Waals surface area contributed by atoms with Gasteiger partial charge in [0, 0.05) is 31.1 Å². The number of carbonyl (C=O) groups excluding carboxylic acids is 1. The maximum absolute atomic E-state index is 12.0. The highest BCUT2D eigenvalue weighted by Crippen LogP contribution is 2.24. The summed E-state index contributed by atoms with van der Waals surface area (Å²) in [4.78, 5) is 19.1. The molecule has 2 heterocycles. The van der Waals surface area contributed by atoms with Gasteiger partial charge in [-0.1, -0.05) is 18.0 Å². The molecule has 1 aliphatic rings. The van der Waals surface area contributed by atoms with E-state index in [1.54, 1.807) is 0 Å². The molecule has 1 atom stereocenters. The van der Waals surface area contributed by atoms with E-state index >= 15 is 0 Å². The molecule has 0 bridgehead atoms. The molecule has 3 rings (SSSR count). The van der Waals surface area contributed by atoms with E-state index in [2.05, 4.69) is 14.8 Å². The van der Waals surface area contributed by atoms with Crippen molar-refractivity contribution in [1.82, 2.24) is 19.8 Å². The summed E-state index contributed by atoms with van der Waals surface area (Å²) in [7, 11) is 2.04. The number of aromatic nitrogens is 2. The predicted molar refractivity (Wildman–Crippen MR) is 97.1 cm³/mol. The van der Waals surface area contributed by atoms with E-state index in [0.29, 0.717) is 24.0 Å². The van der Waals surface area contributed by atoms with Crippen molar-refractivity contribution in [2.24, 2.45) is 7.05 Å². The normalized spacial score (nSPS) is 18.9. The minimum absolute atomic E-state index is 0.145. The summed E-state index contributed by atoms with van der Waals surface area (Å²) in [6.07, 6.45) is 4.02. The largest absolute Gasteiger partial charge is 0.356 e. The van der Waals surface area contributed by atoms with E-state index in [1.165, 1.54) is 12.8 Å². The number of nitrogens with one attached hydrogen (secondary N) is 1. The molecule has 2 aromatic rings. The number of benzene rings is 1. The predicted octanol–water partition coefficient (Wildman–Crippen LogP) is 3.11. The van der Waals surface area contributed by atoms with Crippen LogP contribution in [0.4, 0.5) is 0 Å². The van der Waals surface area contributed by atoms with Crippen LogP contribution in [-0.2, 0) is 18.4 Å². The Labute approximate surface area is 148 Å². The molecular formula is C18H25ClN4O. The zero-order chi connectivity index (χ0) is 17.1. The second-order valence-corrected chi connectivity index (χ2v) is 6.93. The first-order chi connectivity index (χ1) is 11.6. The van der Waals surface area contributed by atoms with Crippen LogP contribution < -0.4 is 5.32 Å². The average molecular weight is 349 g/mol. The molecule has 1 amide bonds.